The molecule has 0 spiro atoms. The summed E-state index contributed by atoms with van der Waals surface area (Å²) < 4.78 is 11.4. The van der Waals surface area contributed by atoms with Crippen molar-refractivity contribution >= 4 is 0 Å². The van der Waals surface area contributed by atoms with Crippen LogP contribution in [0.3, 0.4) is 0 Å². The predicted molar refractivity (Wildman–Crippen MR) is 100.0 cm³/mol. The molecular formula is C21H30N2O2. The molecule has 3 rings (SSSR count). The number of aromatic nitrogens is 1. The highest BCUT2D eigenvalue weighted by molar-refractivity contribution is 5.37. The topological polar surface area (TPSA) is 47.3 Å². The van der Waals surface area contributed by atoms with E-state index in [1.165, 1.54) is 36.0 Å². The van der Waals surface area contributed by atoms with Gasteiger partial charge in [-0.1, -0.05) is 43.5 Å². The Kier molecular flexibility index (Phi) is 6.51. The minimum Gasteiger partial charge on any atom is -0.493 e. The second kappa shape index (κ2) is 9.04. The molecule has 1 unspecified atom stereocenters. The lowest BCUT2D eigenvalue weighted by Crippen LogP contribution is -2.33. The number of hydrogen-bond donors (Lipinski definition) is 1. The molecule has 0 saturated carbocycles. The number of nitrogens with zero attached hydrogens (tertiary/aromatic N) is 1. The van der Waals surface area contributed by atoms with E-state index in [2.05, 4.69) is 42.5 Å². The SMILES string of the molecule is CCCCCCOc1cc(C)ccc1CNC1CCc2cnoc2C1. The van der Waals surface area contributed by atoms with Crippen molar-refractivity contribution in [2.75, 3.05) is 6.61 Å². The van der Waals surface area contributed by atoms with Crippen LogP contribution in [-0.2, 0) is 19.4 Å². The number of rotatable bonds is 9. The zero-order chi connectivity index (χ0) is 17.5. The van der Waals surface area contributed by atoms with E-state index in [0.717, 1.165) is 50.3 Å². The lowest BCUT2D eigenvalue weighted by molar-refractivity contribution is 0.299. The fourth-order valence-electron chi connectivity index (χ4n) is 3.39. The van der Waals surface area contributed by atoms with E-state index in [1.807, 2.05) is 6.20 Å². The van der Waals surface area contributed by atoms with Gasteiger partial charge >= 0.3 is 0 Å². The zero-order valence-electron chi connectivity index (χ0n) is 15.5. The van der Waals surface area contributed by atoms with Crippen LogP contribution < -0.4 is 10.1 Å². The van der Waals surface area contributed by atoms with E-state index < -0.39 is 0 Å². The van der Waals surface area contributed by atoms with E-state index in [4.69, 9.17) is 9.26 Å². The fourth-order valence-corrected chi connectivity index (χ4v) is 3.39. The van der Waals surface area contributed by atoms with Gasteiger partial charge in [-0.2, -0.15) is 0 Å². The number of hydrogen-bond acceptors (Lipinski definition) is 4. The van der Waals surface area contributed by atoms with Crippen molar-refractivity contribution in [1.82, 2.24) is 10.5 Å². The summed E-state index contributed by atoms with van der Waals surface area (Å²) in [5, 5.41) is 7.58. The molecule has 4 heteroatoms. The fraction of sp³-hybridized carbons (Fsp3) is 0.571. The lowest BCUT2D eigenvalue weighted by Gasteiger charge is -2.22. The molecule has 0 bridgehead atoms. The molecular weight excluding hydrogens is 312 g/mol. The van der Waals surface area contributed by atoms with Crippen molar-refractivity contribution in [2.24, 2.45) is 0 Å². The molecule has 1 aromatic heterocycles. The van der Waals surface area contributed by atoms with Gasteiger partial charge in [0.2, 0.25) is 0 Å². The van der Waals surface area contributed by atoms with E-state index in [9.17, 15) is 0 Å². The van der Waals surface area contributed by atoms with Gasteiger partial charge in [-0.05, 0) is 37.8 Å². The number of nitrogens with one attached hydrogen (secondary N) is 1. The average molecular weight is 342 g/mol. The Morgan fingerprint density at radius 3 is 3.08 bits per heavy atom. The molecule has 1 N–H and O–H groups in total. The van der Waals surface area contributed by atoms with Crippen molar-refractivity contribution < 1.29 is 9.26 Å². The second-order valence-electron chi connectivity index (χ2n) is 7.12. The Morgan fingerprint density at radius 2 is 2.20 bits per heavy atom. The summed E-state index contributed by atoms with van der Waals surface area (Å²) in [6, 6.07) is 6.95. The maximum atomic E-state index is 6.08. The molecule has 1 atom stereocenters. The highest BCUT2D eigenvalue weighted by atomic mass is 16.5. The summed E-state index contributed by atoms with van der Waals surface area (Å²) in [7, 11) is 0. The number of unbranched alkanes of at least 4 members (excludes halogenated alkanes) is 3. The normalized spacial score (nSPS) is 16.6. The van der Waals surface area contributed by atoms with E-state index in [0.29, 0.717) is 6.04 Å². The van der Waals surface area contributed by atoms with Gasteiger partial charge in [-0.15, -0.1) is 0 Å². The van der Waals surface area contributed by atoms with Crippen LogP contribution in [0.1, 0.15) is 61.5 Å². The van der Waals surface area contributed by atoms with Gasteiger partial charge in [0, 0.05) is 30.1 Å². The van der Waals surface area contributed by atoms with Crippen LogP contribution in [0.25, 0.3) is 0 Å². The van der Waals surface area contributed by atoms with Crippen molar-refractivity contribution in [3.8, 4) is 5.75 Å². The maximum absolute atomic E-state index is 6.08. The Hall–Kier alpha value is -1.81. The molecule has 1 aliphatic rings. The van der Waals surface area contributed by atoms with Gasteiger partial charge in [-0.25, -0.2) is 0 Å². The molecule has 0 radical (unpaired) electrons. The zero-order valence-corrected chi connectivity index (χ0v) is 15.5. The highest BCUT2D eigenvalue weighted by Crippen LogP contribution is 2.24. The summed E-state index contributed by atoms with van der Waals surface area (Å²) >= 11 is 0. The molecule has 0 fully saturated rings. The van der Waals surface area contributed by atoms with Crippen LogP contribution in [0.15, 0.2) is 28.9 Å². The third kappa shape index (κ3) is 5.08. The van der Waals surface area contributed by atoms with E-state index in [1.54, 1.807) is 0 Å². The minimum absolute atomic E-state index is 0.444. The van der Waals surface area contributed by atoms with Crippen LogP contribution in [-0.4, -0.2) is 17.8 Å². The lowest BCUT2D eigenvalue weighted by atomic mass is 9.94. The third-order valence-corrected chi connectivity index (χ3v) is 4.98. The molecule has 1 heterocycles. The molecule has 4 nitrogen and oxygen atoms in total. The first-order valence-corrected chi connectivity index (χ1v) is 9.64. The first kappa shape index (κ1) is 18.0. The van der Waals surface area contributed by atoms with Crippen LogP contribution >= 0.6 is 0 Å². The molecule has 25 heavy (non-hydrogen) atoms. The highest BCUT2D eigenvalue weighted by Gasteiger charge is 2.21. The quantitative estimate of drug-likeness (QED) is 0.677. The van der Waals surface area contributed by atoms with Gasteiger partial charge in [0.25, 0.3) is 0 Å². The Bertz CT molecular complexity index is 666. The first-order valence-electron chi connectivity index (χ1n) is 9.64. The third-order valence-electron chi connectivity index (χ3n) is 4.98. The smallest absolute Gasteiger partial charge is 0.141 e. The summed E-state index contributed by atoms with van der Waals surface area (Å²) in [6.45, 7) is 5.99. The Labute approximate surface area is 150 Å². The average Bonchev–Trinajstić information content (AvgIpc) is 3.08. The van der Waals surface area contributed by atoms with E-state index in [-0.39, 0.29) is 0 Å². The van der Waals surface area contributed by atoms with Crippen molar-refractivity contribution in [2.45, 2.75) is 71.4 Å². The second-order valence-corrected chi connectivity index (χ2v) is 7.12. The van der Waals surface area contributed by atoms with Crippen molar-refractivity contribution in [3.05, 3.63) is 46.8 Å². The summed E-state index contributed by atoms with van der Waals surface area (Å²) in [5.74, 6) is 2.07. The maximum Gasteiger partial charge on any atom is 0.141 e. The summed E-state index contributed by atoms with van der Waals surface area (Å²) in [5.41, 5.74) is 3.75. The van der Waals surface area contributed by atoms with Crippen molar-refractivity contribution in [1.29, 1.82) is 0 Å². The monoisotopic (exact) mass is 342 g/mol. The van der Waals surface area contributed by atoms with Gasteiger partial charge in [0.05, 0.1) is 12.8 Å². The van der Waals surface area contributed by atoms with E-state index >= 15 is 0 Å². The molecule has 0 aliphatic heterocycles. The predicted octanol–water partition coefficient (Wildman–Crippen LogP) is 4.59. The van der Waals surface area contributed by atoms with Crippen LogP contribution in [0, 0.1) is 6.92 Å². The van der Waals surface area contributed by atoms with Gasteiger partial charge in [-0.3, -0.25) is 0 Å². The molecule has 2 aromatic rings. The number of aryl methyl sites for hydroxylation is 2. The van der Waals surface area contributed by atoms with Gasteiger partial charge in [0.1, 0.15) is 11.5 Å². The van der Waals surface area contributed by atoms with Crippen molar-refractivity contribution in [3.63, 3.8) is 0 Å². The Balaban J connectivity index is 1.53. The number of benzene rings is 1. The minimum atomic E-state index is 0.444. The standard InChI is InChI=1S/C21H30N2O2/c1-3-4-5-6-11-24-20-12-16(2)7-8-17(20)14-22-19-10-9-18-15-23-25-21(18)13-19/h7-8,12,15,19,22H,3-6,9-11,13-14H2,1-2H3. The van der Waals surface area contributed by atoms with Gasteiger partial charge < -0.3 is 14.6 Å². The molecule has 136 valence electrons. The first-order chi connectivity index (χ1) is 12.3. The number of ether oxygens (including phenoxy) is 1. The molecule has 0 amide bonds. The number of fused-ring (bicyclic) bond motifs is 1. The van der Waals surface area contributed by atoms with Crippen LogP contribution in [0.2, 0.25) is 0 Å². The molecule has 1 aromatic carbocycles. The van der Waals surface area contributed by atoms with Crippen LogP contribution in [0.5, 0.6) is 5.75 Å². The molecule has 1 aliphatic carbocycles. The molecule has 0 saturated heterocycles. The Morgan fingerprint density at radius 1 is 1.28 bits per heavy atom. The summed E-state index contributed by atoms with van der Waals surface area (Å²) in [6.07, 6.45) is 9.89. The van der Waals surface area contributed by atoms with Crippen LogP contribution in [0.4, 0.5) is 0 Å². The van der Waals surface area contributed by atoms with Gasteiger partial charge in [0.15, 0.2) is 0 Å². The summed E-state index contributed by atoms with van der Waals surface area (Å²) in [4.78, 5) is 0. The largest absolute Gasteiger partial charge is 0.493 e.